The predicted molar refractivity (Wildman–Crippen MR) is 72.5 cm³/mol. The molecule has 0 bridgehead atoms. The highest BCUT2D eigenvalue weighted by Gasteiger charge is 2.02. The topological polar surface area (TPSA) is 73.9 Å². The summed E-state index contributed by atoms with van der Waals surface area (Å²) < 4.78 is 5.58. The highest BCUT2D eigenvalue weighted by molar-refractivity contribution is 5.72. The quantitative estimate of drug-likeness (QED) is 0.723. The van der Waals surface area contributed by atoms with Crippen LogP contribution in [-0.4, -0.2) is 15.2 Å². The molecule has 0 aliphatic rings. The van der Waals surface area contributed by atoms with Gasteiger partial charge >= 0.3 is 0 Å². The van der Waals surface area contributed by atoms with Gasteiger partial charge in [0.15, 0.2) is 5.82 Å². The largest absolute Gasteiger partial charge is 0.486 e. The third kappa shape index (κ3) is 2.60. The first-order valence-corrected chi connectivity index (χ1v) is 5.88. The second kappa shape index (κ2) is 4.89. The van der Waals surface area contributed by atoms with E-state index < -0.39 is 0 Å². The van der Waals surface area contributed by atoms with Gasteiger partial charge in [0.1, 0.15) is 17.9 Å². The fourth-order valence-electron chi connectivity index (χ4n) is 1.69. The first-order chi connectivity index (χ1) is 9.31. The molecule has 0 fully saturated rings. The Kier molecular flexibility index (Phi) is 2.94. The van der Waals surface area contributed by atoms with Gasteiger partial charge in [-0.3, -0.25) is 0 Å². The second-order valence-electron chi connectivity index (χ2n) is 4.07. The van der Waals surface area contributed by atoms with Crippen LogP contribution in [0.15, 0.2) is 48.5 Å². The van der Waals surface area contributed by atoms with Gasteiger partial charge in [-0.1, -0.05) is 12.1 Å². The lowest BCUT2D eigenvalue weighted by Gasteiger charge is -2.05. The maximum Gasteiger partial charge on any atom is 0.189 e. The zero-order chi connectivity index (χ0) is 13.1. The summed E-state index contributed by atoms with van der Waals surface area (Å²) in [5, 5.41) is 8.12. The van der Waals surface area contributed by atoms with Crippen LogP contribution < -0.4 is 10.5 Å². The maximum atomic E-state index is 5.61. The first-order valence-electron chi connectivity index (χ1n) is 5.88. The van der Waals surface area contributed by atoms with E-state index in [-0.39, 0.29) is 6.61 Å². The number of rotatable bonds is 3. The molecule has 3 aromatic rings. The number of ether oxygens (including phenoxy) is 1. The summed E-state index contributed by atoms with van der Waals surface area (Å²) in [5.41, 5.74) is 7.90. The van der Waals surface area contributed by atoms with E-state index in [0.717, 1.165) is 16.8 Å². The fraction of sp³-hybridized carbons (Fsp3) is 0.0714. The monoisotopic (exact) mass is 252 g/mol. The lowest BCUT2D eigenvalue weighted by molar-refractivity contribution is 0.295. The number of nitrogens with two attached hydrogens (primary N) is 1. The summed E-state index contributed by atoms with van der Waals surface area (Å²) in [6.45, 7) is 0.280. The van der Waals surface area contributed by atoms with Crippen LogP contribution in [-0.2, 0) is 6.61 Å². The highest BCUT2D eigenvalue weighted by Crippen LogP contribution is 2.14. The number of para-hydroxylation sites is 1. The van der Waals surface area contributed by atoms with Crippen molar-refractivity contribution in [1.29, 1.82) is 0 Å². The molecule has 94 valence electrons. The molecule has 5 heteroatoms. The van der Waals surface area contributed by atoms with Crippen molar-refractivity contribution in [3.05, 3.63) is 54.4 Å². The van der Waals surface area contributed by atoms with E-state index in [4.69, 9.17) is 10.5 Å². The molecule has 0 atom stereocenters. The van der Waals surface area contributed by atoms with Crippen LogP contribution in [0.3, 0.4) is 0 Å². The van der Waals surface area contributed by atoms with Crippen LogP contribution in [0.4, 0.5) is 5.69 Å². The molecule has 3 rings (SSSR count). The van der Waals surface area contributed by atoms with Crippen LogP contribution in [0, 0.1) is 0 Å². The van der Waals surface area contributed by atoms with E-state index in [0.29, 0.717) is 11.5 Å². The fourth-order valence-corrected chi connectivity index (χ4v) is 1.69. The smallest absolute Gasteiger partial charge is 0.189 e. The van der Waals surface area contributed by atoms with Crippen LogP contribution in [0.2, 0.25) is 0 Å². The average molecular weight is 252 g/mol. The number of anilines is 1. The van der Waals surface area contributed by atoms with Gasteiger partial charge in [0, 0.05) is 5.69 Å². The van der Waals surface area contributed by atoms with E-state index >= 15 is 0 Å². The van der Waals surface area contributed by atoms with E-state index in [1.807, 2.05) is 36.4 Å². The lowest BCUT2D eigenvalue weighted by atomic mass is 10.3. The molecule has 2 N–H and O–H groups in total. The molecule has 0 spiro atoms. The summed E-state index contributed by atoms with van der Waals surface area (Å²) in [7, 11) is 0. The normalized spacial score (nSPS) is 10.5. The van der Waals surface area contributed by atoms with Gasteiger partial charge < -0.3 is 10.5 Å². The SMILES string of the molecule is Nc1ccc(OCc2nnc3ccccc3n2)cc1. The Hall–Kier alpha value is -2.69. The molecule has 0 amide bonds. The van der Waals surface area contributed by atoms with Crippen LogP contribution in [0.5, 0.6) is 5.75 Å². The summed E-state index contributed by atoms with van der Waals surface area (Å²) >= 11 is 0. The third-order valence-corrected chi connectivity index (χ3v) is 2.65. The molecule has 19 heavy (non-hydrogen) atoms. The van der Waals surface area contributed by atoms with Crippen LogP contribution >= 0.6 is 0 Å². The number of nitrogen functional groups attached to an aromatic ring is 1. The van der Waals surface area contributed by atoms with E-state index in [1.54, 1.807) is 12.1 Å². The molecule has 1 heterocycles. The molecule has 0 aliphatic heterocycles. The molecular weight excluding hydrogens is 240 g/mol. The van der Waals surface area contributed by atoms with Crippen molar-refractivity contribution in [3.63, 3.8) is 0 Å². The Balaban J connectivity index is 1.76. The van der Waals surface area contributed by atoms with Gasteiger partial charge in [-0.25, -0.2) is 4.98 Å². The Bertz CT molecular complexity index is 697. The van der Waals surface area contributed by atoms with Gasteiger partial charge in [0.05, 0.1) is 5.52 Å². The van der Waals surface area contributed by atoms with Crippen molar-refractivity contribution >= 4 is 16.7 Å². The number of nitrogens with zero attached hydrogens (tertiary/aromatic N) is 3. The van der Waals surface area contributed by atoms with Crippen molar-refractivity contribution in [1.82, 2.24) is 15.2 Å². The highest BCUT2D eigenvalue weighted by atomic mass is 16.5. The molecule has 0 saturated carbocycles. The minimum Gasteiger partial charge on any atom is -0.486 e. The van der Waals surface area contributed by atoms with Crippen LogP contribution in [0.1, 0.15) is 5.82 Å². The minimum atomic E-state index is 0.280. The maximum absolute atomic E-state index is 5.61. The molecule has 1 aromatic heterocycles. The Morgan fingerprint density at radius 1 is 0.895 bits per heavy atom. The molecule has 0 radical (unpaired) electrons. The number of benzene rings is 2. The summed E-state index contributed by atoms with van der Waals surface area (Å²) in [5.74, 6) is 1.28. The van der Waals surface area contributed by atoms with Gasteiger partial charge in [-0.2, -0.15) is 0 Å². The summed E-state index contributed by atoms with van der Waals surface area (Å²) in [6, 6.07) is 14.8. The van der Waals surface area contributed by atoms with E-state index in [9.17, 15) is 0 Å². The second-order valence-corrected chi connectivity index (χ2v) is 4.07. The Labute approximate surface area is 110 Å². The van der Waals surface area contributed by atoms with Crippen molar-refractivity contribution in [2.45, 2.75) is 6.61 Å². The first kappa shape index (κ1) is 11.4. The van der Waals surface area contributed by atoms with Crippen molar-refractivity contribution in [3.8, 4) is 5.75 Å². The van der Waals surface area contributed by atoms with Gasteiger partial charge in [-0.05, 0) is 36.4 Å². The van der Waals surface area contributed by atoms with Crippen LogP contribution in [0.25, 0.3) is 11.0 Å². The van der Waals surface area contributed by atoms with Crippen molar-refractivity contribution in [2.24, 2.45) is 0 Å². The van der Waals surface area contributed by atoms with Crippen molar-refractivity contribution < 1.29 is 4.74 Å². The van der Waals surface area contributed by atoms with Crippen molar-refractivity contribution in [2.75, 3.05) is 5.73 Å². The van der Waals surface area contributed by atoms with E-state index in [1.165, 1.54) is 0 Å². The number of hydrogen-bond acceptors (Lipinski definition) is 5. The van der Waals surface area contributed by atoms with E-state index in [2.05, 4.69) is 15.2 Å². The molecule has 2 aromatic carbocycles. The van der Waals surface area contributed by atoms with Gasteiger partial charge in [0.25, 0.3) is 0 Å². The third-order valence-electron chi connectivity index (χ3n) is 2.65. The molecule has 0 saturated heterocycles. The average Bonchev–Trinajstić information content (AvgIpc) is 2.46. The zero-order valence-electron chi connectivity index (χ0n) is 10.2. The predicted octanol–water partition coefficient (Wildman–Crippen LogP) is 2.19. The zero-order valence-corrected chi connectivity index (χ0v) is 10.2. The summed E-state index contributed by atoms with van der Waals surface area (Å²) in [4.78, 5) is 4.38. The standard InChI is InChI=1S/C14H12N4O/c15-10-5-7-11(8-6-10)19-9-14-16-12-3-1-2-4-13(12)17-18-14/h1-8H,9,15H2. The molecular formula is C14H12N4O. The number of hydrogen-bond donors (Lipinski definition) is 1. The minimum absolute atomic E-state index is 0.280. The van der Waals surface area contributed by atoms with Gasteiger partial charge in [-0.15, -0.1) is 10.2 Å². The molecule has 0 aliphatic carbocycles. The Morgan fingerprint density at radius 3 is 2.42 bits per heavy atom. The molecule has 0 unspecified atom stereocenters. The lowest BCUT2D eigenvalue weighted by Crippen LogP contribution is -2.03. The van der Waals surface area contributed by atoms with Gasteiger partial charge in [0.2, 0.25) is 0 Å². The Morgan fingerprint density at radius 2 is 1.63 bits per heavy atom. The summed E-state index contributed by atoms with van der Waals surface area (Å²) in [6.07, 6.45) is 0. The number of fused-ring (bicyclic) bond motifs is 1. The number of aromatic nitrogens is 3. The molecule has 5 nitrogen and oxygen atoms in total.